The SMILES string of the molecule is O=C(CC1S/C(=N/N=C/c2cccs2)NC1=O)Nc1ccc(S(=O)(=O)N2CCCCC2)cc1. The Balaban J connectivity index is 1.31. The van der Waals surface area contributed by atoms with Gasteiger partial charge >= 0.3 is 0 Å². The molecule has 174 valence electrons. The first-order valence-electron chi connectivity index (χ1n) is 10.4. The van der Waals surface area contributed by atoms with Gasteiger partial charge in [0.05, 0.1) is 11.1 Å². The molecule has 2 aromatic rings. The number of anilines is 1. The number of sulfonamides is 1. The number of benzene rings is 1. The molecule has 4 rings (SSSR count). The van der Waals surface area contributed by atoms with Crippen molar-refractivity contribution >= 4 is 62.0 Å². The number of nitrogens with one attached hydrogen (secondary N) is 2. The number of piperidine rings is 1. The van der Waals surface area contributed by atoms with Crippen LogP contribution in [-0.4, -0.2) is 54.3 Å². The van der Waals surface area contributed by atoms with Gasteiger partial charge in [-0.05, 0) is 48.6 Å². The summed E-state index contributed by atoms with van der Waals surface area (Å²) in [5, 5.41) is 14.9. The van der Waals surface area contributed by atoms with Crippen molar-refractivity contribution in [2.24, 2.45) is 10.2 Å². The predicted octanol–water partition coefficient (Wildman–Crippen LogP) is 2.87. The summed E-state index contributed by atoms with van der Waals surface area (Å²) in [7, 11) is -3.52. The van der Waals surface area contributed by atoms with Gasteiger partial charge in [-0.3, -0.25) is 9.59 Å². The van der Waals surface area contributed by atoms with Crippen molar-refractivity contribution in [3.8, 4) is 0 Å². The van der Waals surface area contributed by atoms with Gasteiger partial charge in [-0.1, -0.05) is 24.2 Å². The van der Waals surface area contributed by atoms with Gasteiger partial charge in [0.1, 0.15) is 5.25 Å². The highest BCUT2D eigenvalue weighted by Gasteiger charge is 2.32. The highest BCUT2D eigenvalue weighted by Crippen LogP contribution is 2.24. The molecule has 9 nitrogen and oxygen atoms in total. The number of thioether (sulfide) groups is 1. The second-order valence-corrected chi connectivity index (χ2v) is 11.6. The lowest BCUT2D eigenvalue weighted by molar-refractivity contribution is -0.122. The molecule has 12 heteroatoms. The molecule has 2 saturated heterocycles. The van der Waals surface area contributed by atoms with E-state index in [1.165, 1.54) is 27.8 Å². The quantitative estimate of drug-likeness (QED) is 0.443. The van der Waals surface area contributed by atoms with Gasteiger partial charge in [-0.25, -0.2) is 8.42 Å². The van der Waals surface area contributed by atoms with Crippen molar-refractivity contribution in [2.45, 2.75) is 35.8 Å². The van der Waals surface area contributed by atoms with Crippen LogP contribution >= 0.6 is 23.1 Å². The summed E-state index contributed by atoms with van der Waals surface area (Å²) in [5.74, 6) is -0.652. The minimum atomic E-state index is -3.52. The van der Waals surface area contributed by atoms with Crippen LogP contribution in [0.4, 0.5) is 5.69 Å². The number of carbonyl (C=O) groups is 2. The first-order valence-corrected chi connectivity index (χ1v) is 13.6. The van der Waals surface area contributed by atoms with Crippen LogP contribution in [0.25, 0.3) is 0 Å². The van der Waals surface area contributed by atoms with Crippen LogP contribution in [0.2, 0.25) is 0 Å². The lowest BCUT2D eigenvalue weighted by Gasteiger charge is -2.25. The summed E-state index contributed by atoms with van der Waals surface area (Å²) in [6, 6.07) is 9.91. The number of hydrogen-bond donors (Lipinski definition) is 2. The molecule has 2 fully saturated rings. The second-order valence-electron chi connectivity index (χ2n) is 7.50. The Bertz CT molecular complexity index is 1160. The fourth-order valence-electron chi connectivity index (χ4n) is 3.43. The molecule has 0 spiro atoms. The zero-order valence-corrected chi connectivity index (χ0v) is 20.1. The summed E-state index contributed by atoms with van der Waals surface area (Å²) < 4.78 is 27.0. The van der Waals surface area contributed by atoms with Gasteiger partial charge in [0.2, 0.25) is 21.8 Å². The Morgan fingerprint density at radius 1 is 1.18 bits per heavy atom. The number of amidine groups is 1. The van der Waals surface area contributed by atoms with E-state index in [4.69, 9.17) is 0 Å². The number of hydrogen-bond acceptors (Lipinski definition) is 8. The van der Waals surface area contributed by atoms with Gasteiger partial charge in [0, 0.05) is 30.1 Å². The predicted molar refractivity (Wildman–Crippen MR) is 131 cm³/mol. The molecule has 1 aromatic heterocycles. The number of thiophene rings is 1. The molecule has 0 aliphatic carbocycles. The Labute approximate surface area is 200 Å². The van der Waals surface area contributed by atoms with Crippen LogP contribution in [0.15, 0.2) is 56.9 Å². The normalized spacial score (nSPS) is 20.9. The second kappa shape index (κ2) is 10.6. The molecule has 0 radical (unpaired) electrons. The third kappa shape index (κ3) is 6.08. The van der Waals surface area contributed by atoms with E-state index in [1.807, 2.05) is 17.5 Å². The van der Waals surface area contributed by atoms with Crippen LogP contribution in [0.1, 0.15) is 30.6 Å². The number of nitrogens with zero attached hydrogens (tertiary/aromatic N) is 3. The summed E-state index contributed by atoms with van der Waals surface area (Å²) in [6.45, 7) is 1.07. The van der Waals surface area contributed by atoms with E-state index >= 15 is 0 Å². The first-order chi connectivity index (χ1) is 15.9. The maximum atomic E-state index is 12.7. The molecule has 3 heterocycles. The van der Waals surface area contributed by atoms with Crippen molar-refractivity contribution < 1.29 is 18.0 Å². The minimum Gasteiger partial charge on any atom is -0.326 e. The van der Waals surface area contributed by atoms with E-state index in [0.717, 1.165) is 35.9 Å². The topological polar surface area (TPSA) is 120 Å². The van der Waals surface area contributed by atoms with Crippen LogP contribution in [-0.2, 0) is 19.6 Å². The highest BCUT2D eigenvalue weighted by atomic mass is 32.2. The third-order valence-corrected chi connectivity index (χ3v) is 8.91. The lowest BCUT2D eigenvalue weighted by Crippen LogP contribution is -2.35. The Morgan fingerprint density at radius 3 is 2.64 bits per heavy atom. The standard InChI is InChI=1S/C21H23N5O4S3/c27-19(13-18-20(28)24-21(32-18)25-22-14-16-5-4-12-31-16)23-15-6-8-17(9-7-15)33(29,30)26-10-2-1-3-11-26/h4-9,12,14,18H,1-3,10-11,13H2,(H,23,27)(H,24,25,28)/b22-14+. The molecule has 33 heavy (non-hydrogen) atoms. The molecule has 0 bridgehead atoms. The molecule has 2 N–H and O–H groups in total. The Hall–Kier alpha value is -2.54. The summed E-state index contributed by atoms with van der Waals surface area (Å²) >= 11 is 2.67. The van der Waals surface area contributed by atoms with E-state index < -0.39 is 15.3 Å². The first kappa shape index (κ1) is 23.6. The monoisotopic (exact) mass is 505 g/mol. The fraction of sp³-hybridized carbons (Fsp3) is 0.333. The van der Waals surface area contributed by atoms with Crippen LogP contribution in [0.3, 0.4) is 0 Å². The molecular formula is C21H23N5O4S3. The molecule has 2 aliphatic rings. The van der Waals surface area contributed by atoms with Crippen molar-refractivity contribution in [3.63, 3.8) is 0 Å². The number of rotatable bonds is 7. The highest BCUT2D eigenvalue weighted by molar-refractivity contribution is 8.15. The van der Waals surface area contributed by atoms with Crippen molar-refractivity contribution in [2.75, 3.05) is 18.4 Å². The van der Waals surface area contributed by atoms with Crippen molar-refractivity contribution in [1.29, 1.82) is 0 Å². The Kier molecular flexibility index (Phi) is 7.58. The molecule has 1 aromatic carbocycles. The van der Waals surface area contributed by atoms with Gasteiger partial charge in [-0.2, -0.15) is 9.41 Å². The van der Waals surface area contributed by atoms with Gasteiger partial charge in [0.25, 0.3) is 0 Å². The Morgan fingerprint density at radius 2 is 1.94 bits per heavy atom. The van der Waals surface area contributed by atoms with Crippen molar-refractivity contribution in [1.82, 2.24) is 9.62 Å². The average molecular weight is 506 g/mol. The van der Waals surface area contributed by atoms with Gasteiger partial charge in [-0.15, -0.1) is 16.4 Å². The maximum Gasteiger partial charge on any atom is 0.243 e. The van der Waals surface area contributed by atoms with Crippen LogP contribution < -0.4 is 10.6 Å². The largest absolute Gasteiger partial charge is 0.326 e. The van der Waals surface area contributed by atoms with Gasteiger partial charge in [0.15, 0.2) is 5.17 Å². The molecule has 2 aliphatic heterocycles. The van der Waals surface area contributed by atoms with Crippen LogP contribution in [0, 0.1) is 0 Å². The molecule has 1 atom stereocenters. The van der Waals surface area contributed by atoms with E-state index in [0.29, 0.717) is 23.9 Å². The molecule has 2 amide bonds. The zero-order chi connectivity index (χ0) is 23.3. The minimum absolute atomic E-state index is 0.0437. The smallest absolute Gasteiger partial charge is 0.243 e. The van der Waals surface area contributed by atoms with Gasteiger partial charge < -0.3 is 10.6 Å². The number of carbonyl (C=O) groups excluding carboxylic acids is 2. The fourth-order valence-corrected chi connectivity index (χ4v) is 6.45. The van der Waals surface area contributed by atoms with Crippen molar-refractivity contribution in [3.05, 3.63) is 46.7 Å². The van der Waals surface area contributed by atoms with E-state index in [1.54, 1.807) is 18.3 Å². The van der Waals surface area contributed by atoms with E-state index in [9.17, 15) is 18.0 Å². The summed E-state index contributed by atoms with van der Waals surface area (Å²) in [5.41, 5.74) is 0.468. The van der Waals surface area contributed by atoms with E-state index in [-0.39, 0.29) is 23.1 Å². The lowest BCUT2D eigenvalue weighted by atomic mass is 10.2. The summed E-state index contributed by atoms with van der Waals surface area (Å²) in [4.78, 5) is 25.7. The average Bonchev–Trinajstić information content (AvgIpc) is 3.44. The van der Waals surface area contributed by atoms with E-state index in [2.05, 4.69) is 20.8 Å². The zero-order valence-electron chi connectivity index (χ0n) is 17.6. The molecule has 1 unspecified atom stereocenters. The number of amides is 2. The van der Waals surface area contributed by atoms with Crippen LogP contribution in [0.5, 0.6) is 0 Å². The summed E-state index contributed by atoms with van der Waals surface area (Å²) in [6.07, 6.45) is 4.34. The molecule has 0 saturated carbocycles. The maximum absolute atomic E-state index is 12.7. The molecular weight excluding hydrogens is 482 g/mol. The third-order valence-electron chi connectivity index (χ3n) is 5.11.